The van der Waals surface area contributed by atoms with Crippen molar-refractivity contribution < 1.29 is 8.42 Å². The molecule has 0 amide bonds. The van der Waals surface area contributed by atoms with E-state index in [-0.39, 0.29) is 17.9 Å². The van der Waals surface area contributed by atoms with Gasteiger partial charge in [-0.25, -0.2) is 17.5 Å². The lowest BCUT2D eigenvalue weighted by Crippen LogP contribution is -2.40. The molecule has 0 spiro atoms. The maximum Gasteiger partial charge on any atom is 0.330 e. The summed E-state index contributed by atoms with van der Waals surface area (Å²) in [4.78, 5) is 23.6. The first-order valence-electron chi connectivity index (χ1n) is 6.46. The highest BCUT2D eigenvalue weighted by atomic mass is 35.5. The summed E-state index contributed by atoms with van der Waals surface area (Å²) in [6.07, 6.45) is 2.47. The molecule has 0 aliphatic carbocycles. The molecule has 7 nitrogen and oxygen atoms in total. The van der Waals surface area contributed by atoms with Crippen LogP contribution in [0.4, 0.5) is 0 Å². The lowest BCUT2D eigenvalue weighted by Gasteiger charge is -2.17. The van der Waals surface area contributed by atoms with Gasteiger partial charge < -0.3 is 4.57 Å². The molecule has 0 aromatic carbocycles. The van der Waals surface area contributed by atoms with Gasteiger partial charge in [0, 0.05) is 45.3 Å². The zero-order valence-electron chi connectivity index (χ0n) is 12.4. The summed E-state index contributed by atoms with van der Waals surface area (Å²) in [5, 5.41) is 0. The Morgan fingerprint density at radius 1 is 1.24 bits per heavy atom. The van der Waals surface area contributed by atoms with Gasteiger partial charge in [-0.3, -0.25) is 9.36 Å². The largest absolute Gasteiger partial charge is 0.330 e. The third-order valence-corrected chi connectivity index (χ3v) is 5.32. The average Bonchev–Trinajstić information content (AvgIpc) is 2.42. The quantitative estimate of drug-likeness (QED) is 0.512. The van der Waals surface area contributed by atoms with Gasteiger partial charge in [-0.15, -0.1) is 11.6 Å². The predicted octanol–water partition coefficient (Wildman–Crippen LogP) is -0.135. The van der Waals surface area contributed by atoms with Crippen LogP contribution in [0.5, 0.6) is 0 Å². The number of alkyl halides is 1. The highest BCUT2D eigenvalue weighted by Gasteiger charge is 2.19. The van der Waals surface area contributed by atoms with Gasteiger partial charge in [-0.1, -0.05) is 0 Å². The Labute approximate surface area is 128 Å². The van der Waals surface area contributed by atoms with E-state index in [1.165, 1.54) is 31.9 Å². The molecule has 21 heavy (non-hydrogen) atoms. The number of unbranched alkanes of at least 4 members (excludes halogenated alkanes) is 1. The molecule has 0 N–H and O–H groups in total. The first-order chi connectivity index (χ1) is 9.70. The fourth-order valence-corrected chi connectivity index (χ4v) is 3.27. The van der Waals surface area contributed by atoms with E-state index in [1.54, 1.807) is 0 Å². The summed E-state index contributed by atoms with van der Waals surface area (Å²) < 4.78 is 27.5. The van der Waals surface area contributed by atoms with Crippen LogP contribution in [-0.2, 0) is 30.7 Å². The molecule has 0 fully saturated rings. The highest BCUT2D eigenvalue weighted by Crippen LogP contribution is 2.06. The first kappa shape index (κ1) is 17.9. The normalized spacial score (nSPS) is 12.0. The van der Waals surface area contributed by atoms with E-state index in [2.05, 4.69) is 0 Å². The van der Waals surface area contributed by atoms with Crippen molar-refractivity contribution in [2.24, 2.45) is 14.1 Å². The van der Waals surface area contributed by atoms with Crippen LogP contribution < -0.4 is 11.2 Å². The molecular formula is C12H20ClN3O4S. The number of aryl methyl sites for hydroxylation is 1. The summed E-state index contributed by atoms with van der Waals surface area (Å²) >= 11 is 5.53. The zero-order valence-corrected chi connectivity index (χ0v) is 13.9. The lowest BCUT2D eigenvalue weighted by atomic mass is 10.3. The summed E-state index contributed by atoms with van der Waals surface area (Å²) in [7, 11) is 0.851. The Hall–Kier alpha value is -1.12. The topological polar surface area (TPSA) is 81.4 Å². The van der Waals surface area contributed by atoms with E-state index in [0.29, 0.717) is 18.7 Å². The van der Waals surface area contributed by atoms with E-state index in [4.69, 9.17) is 11.6 Å². The number of hydrogen-bond acceptors (Lipinski definition) is 4. The van der Waals surface area contributed by atoms with Crippen LogP contribution in [0, 0.1) is 0 Å². The Balaban J connectivity index is 2.96. The molecule has 0 aliphatic rings. The fraction of sp³-hybridized carbons (Fsp3) is 0.667. The summed E-state index contributed by atoms with van der Waals surface area (Å²) in [5.74, 6) is 0.406. The molecule has 1 heterocycles. The van der Waals surface area contributed by atoms with Gasteiger partial charge in [0.25, 0.3) is 5.56 Å². The second-order valence-electron chi connectivity index (χ2n) is 4.88. The van der Waals surface area contributed by atoms with Crippen LogP contribution >= 0.6 is 11.6 Å². The Morgan fingerprint density at radius 3 is 2.43 bits per heavy atom. The van der Waals surface area contributed by atoms with Gasteiger partial charge >= 0.3 is 5.69 Å². The fourth-order valence-electron chi connectivity index (χ4n) is 1.86. The minimum Gasteiger partial charge on any atom is -0.303 e. The van der Waals surface area contributed by atoms with Gasteiger partial charge in [-0.2, -0.15) is 0 Å². The third-order valence-electron chi connectivity index (χ3n) is 3.17. The summed E-state index contributed by atoms with van der Waals surface area (Å²) in [5.41, 5.74) is -0.680. The summed E-state index contributed by atoms with van der Waals surface area (Å²) in [6, 6.07) is 0. The molecule has 0 radical (unpaired) electrons. The van der Waals surface area contributed by atoms with E-state index in [9.17, 15) is 18.0 Å². The molecule has 120 valence electrons. The first-order valence-corrected chi connectivity index (χ1v) is 8.60. The molecule has 9 heteroatoms. The number of nitrogens with zero attached hydrogens (tertiary/aromatic N) is 3. The van der Waals surface area contributed by atoms with Crippen molar-refractivity contribution in [1.29, 1.82) is 0 Å². The molecule has 0 bridgehead atoms. The molecular weight excluding hydrogens is 318 g/mol. The van der Waals surface area contributed by atoms with Crippen LogP contribution in [0.2, 0.25) is 0 Å². The van der Waals surface area contributed by atoms with Crippen LogP contribution in [-0.4, -0.2) is 40.5 Å². The number of halogens is 1. The Bertz CT molecular complexity index is 708. The molecule has 0 saturated heterocycles. The van der Waals surface area contributed by atoms with E-state index < -0.39 is 21.3 Å². The van der Waals surface area contributed by atoms with Crippen LogP contribution in [0.3, 0.4) is 0 Å². The minimum atomic E-state index is -3.44. The van der Waals surface area contributed by atoms with E-state index >= 15 is 0 Å². The van der Waals surface area contributed by atoms with Crippen LogP contribution in [0.1, 0.15) is 18.4 Å². The standard InChI is InChI=1S/C12H20ClN3O4S/c1-14-8-10(11(17)16(3)12(14)18)9-15(2)21(19,20)7-5-4-6-13/h8H,4-7,9H2,1-3H3. The number of aromatic nitrogens is 2. The Morgan fingerprint density at radius 2 is 1.86 bits per heavy atom. The van der Waals surface area contributed by atoms with Crippen molar-refractivity contribution in [3.05, 3.63) is 32.6 Å². The molecule has 1 aromatic rings. The molecule has 1 rings (SSSR count). The van der Waals surface area contributed by atoms with E-state index in [0.717, 1.165) is 8.87 Å². The van der Waals surface area contributed by atoms with Gasteiger partial charge in [-0.05, 0) is 12.8 Å². The monoisotopic (exact) mass is 337 g/mol. The third kappa shape index (κ3) is 4.42. The molecule has 0 saturated carbocycles. The molecule has 0 unspecified atom stereocenters. The maximum atomic E-state index is 12.1. The van der Waals surface area contributed by atoms with E-state index in [1.807, 2.05) is 0 Å². The smallest absolute Gasteiger partial charge is 0.303 e. The van der Waals surface area contributed by atoms with Crippen molar-refractivity contribution in [3.63, 3.8) is 0 Å². The SMILES string of the molecule is CN(Cc1cn(C)c(=O)n(C)c1=O)S(=O)(=O)CCCCCl. The van der Waals surface area contributed by atoms with Gasteiger partial charge in [0.1, 0.15) is 0 Å². The van der Waals surface area contributed by atoms with Gasteiger partial charge in [0.05, 0.1) is 5.75 Å². The lowest BCUT2D eigenvalue weighted by molar-refractivity contribution is 0.459. The maximum absolute atomic E-state index is 12.1. The average molecular weight is 338 g/mol. The summed E-state index contributed by atoms with van der Waals surface area (Å²) in [6.45, 7) is -0.0655. The number of hydrogen-bond donors (Lipinski definition) is 0. The van der Waals surface area contributed by atoms with Crippen LogP contribution in [0.25, 0.3) is 0 Å². The highest BCUT2D eigenvalue weighted by molar-refractivity contribution is 7.89. The molecule has 1 aromatic heterocycles. The second kappa shape index (κ2) is 7.24. The predicted molar refractivity (Wildman–Crippen MR) is 82.1 cm³/mol. The molecule has 0 aliphatic heterocycles. The Kier molecular flexibility index (Phi) is 6.18. The van der Waals surface area contributed by atoms with Crippen molar-refractivity contribution in [2.45, 2.75) is 19.4 Å². The number of sulfonamides is 1. The zero-order chi connectivity index (χ0) is 16.2. The van der Waals surface area contributed by atoms with Crippen molar-refractivity contribution in [3.8, 4) is 0 Å². The van der Waals surface area contributed by atoms with Gasteiger partial charge in [0.2, 0.25) is 10.0 Å². The van der Waals surface area contributed by atoms with Crippen molar-refractivity contribution in [1.82, 2.24) is 13.4 Å². The van der Waals surface area contributed by atoms with Crippen molar-refractivity contribution >= 4 is 21.6 Å². The van der Waals surface area contributed by atoms with Gasteiger partial charge in [0.15, 0.2) is 0 Å². The minimum absolute atomic E-state index is 0.0116. The van der Waals surface area contributed by atoms with Crippen molar-refractivity contribution in [2.75, 3.05) is 18.7 Å². The second-order valence-corrected chi connectivity index (χ2v) is 7.45. The molecule has 0 atom stereocenters. The number of rotatable bonds is 7. The van der Waals surface area contributed by atoms with Crippen LogP contribution in [0.15, 0.2) is 15.8 Å².